The molecule has 1 atom stereocenters. The predicted octanol–water partition coefficient (Wildman–Crippen LogP) is 2.02. The van der Waals surface area contributed by atoms with Crippen molar-refractivity contribution in [3.63, 3.8) is 0 Å². The van der Waals surface area contributed by atoms with Crippen LogP contribution >= 0.6 is 15.9 Å². The Kier molecular flexibility index (Phi) is 3.84. The molecule has 3 nitrogen and oxygen atoms in total. The van der Waals surface area contributed by atoms with Crippen molar-refractivity contribution >= 4 is 15.9 Å². The first kappa shape index (κ1) is 11.9. The minimum absolute atomic E-state index is 0.151. The molecule has 1 saturated heterocycles. The van der Waals surface area contributed by atoms with Crippen LogP contribution in [0.3, 0.4) is 0 Å². The van der Waals surface area contributed by atoms with E-state index >= 15 is 0 Å². The van der Waals surface area contributed by atoms with Gasteiger partial charge in [0.25, 0.3) is 0 Å². The van der Waals surface area contributed by atoms with Crippen LogP contribution in [0.25, 0.3) is 0 Å². The molecule has 0 bridgehead atoms. The zero-order valence-electron chi connectivity index (χ0n) is 9.32. The summed E-state index contributed by atoms with van der Waals surface area (Å²) in [5.74, 6) is 0.852. The summed E-state index contributed by atoms with van der Waals surface area (Å²) in [5.41, 5.74) is 1.24. The third-order valence-corrected chi connectivity index (χ3v) is 3.49. The molecule has 1 fully saturated rings. The number of aliphatic hydroxyl groups is 1. The van der Waals surface area contributed by atoms with Crippen LogP contribution in [0, 0.1) is 0 Å². The van der Waals surface area contributed by atoms with Gasteiger partial charge >= 0.3 is 0 Å². The van der Waals surface area contributed by atoms with E-state index in [0.717, 1.165) is 36.3 Å². The summed E-state index contributed by atoms with van der Waals surface area (Å²) in [5, 5.41) is 9.44. The van der Waals surface area contributed by atoms with E-state index in [-0.39, 0.29) is 6.10 Å². The van der Waals surface area contributed by atoms with Crippen molar-refractivity contribution in [3.05, 3.63) is 28.2 Å². The van der Waals surface area contributed by atoms with Gasteiger partial charge in [0.05, 0.1) is 17.7 Å². The minimum atomic E-state index is -0.151. The molecule has 1 aliphatic rings. The molecule has 0 radical (unpaired) electrons. The predicted molar refractivity (Wildman–Crippen MR) is 66.6 cm³/mol. The monoisotopic (exact) mass is 285 g/mol. The second-order valence-corrected chi connectivity index (χ2v) is 5.00. The van der Waals surface area contributed by atoms with Crippen LogP contribution in [0.1, 0.15) is 12.0 Å². The van der Waals surface area contributed by atoms with Gasteiger partial charge in [-0.2, -0.15) is 0 Å². The lowest BCUT2D eigenvalue weighted by Crippen LogP contribution is -2.21. The smallest absolute Gasteiger partial charge is 0.133 e. The zero-order chi connectivity index (χ0) is 11.5. The lowest BCUT2D eigenvalue weighted by molar-refractivity contribution is 0.175. The average molecular weight is 286 g/mol. The molecule has 0 aromatic heterocycles. The number of aliphatic hydroxyl groups excluding tert-OH is 1. The van der Waals surface area contributed by atoms with Crippen LogP contribution in [0.15, 0.2) is 22.7 Å². The molecule has 2 rings (SSSR count). The van der Waals surface area contributed by atoms with Gasteiger partial charge in [0.15, 0.2) is 0 Å². The Balaban J connectivity index is 2.02. The first-order valence-electron chi connectivity index (χ1n) is 5.42. The number of benzene rings is 1. The SMILES string of the molecule is COc1ccc(CN2CC[C@H](O)C2)cc1Br. The molecule has 0 saturated carbocycles. The van der Waals surface area contributed by atoms with Crippen molar-refractivity contribution < 1.29 is 9.84 Å². The summed E-state index contributed by atoms with van der Waals surface area (Å²) in [6.07, 6.45) is 0.735. The van der Waals surface area contributed by atoms with Gasteiger partial charge in [-0.3, -0.25) is 4.90 Å². The minimum Gasteiger partial charge on any atom is -0.496 e. The number of β-amino-alcohol motifs (C(OH)–C–C–N with tert-alkyl or cyclic N) is 1. The largest absolute Gasteiger partial charge is 0.496 e. The van der Waals surface area contributed by atoms with Crippen LogP contribution in [-0.4, -0.2) is 36.3 Å². The summed E-state index contributed by atoms with van der Waals surface area (Å²) in [6, 6.07) is 6.10. The fourth-order valence-corrected chi connectivity index (χ4v) is 2.61. The molecular formula is C12H16BrNO2. The van der Waals surface area contributed by atoms with Crippen molar-refractivity contribution in [2.45, 2.75) is 19.1 Å². The zero-order valence-corrected chi connectivity index (χ0v) is 10.9. The lowest BCUT2D eigenvalue weighted by atomic mass is 10.2. The molecule has 4 heteroatoms. The van der Waals surface area contributed by atoms with Crippen LogP contribution in [0.4, 0.5) is 0 Å². The third kappa shape index (κ3) is 2.75. The normalized spacial score (nSPS) is 21.3. The fraction of sp³-hybridized carbons (Fsp3) is 0.500. The Bertz CT molecular complexity index is 370. The molecule has 0 spiro atoms. The van der Waals surface area contributed by atoms with Crippen molar-refractivity contribution in [2.75, 3.05) is 20.2 Å². The lowest BCUT2D eigenvalue weighted by Gasteiger charge is -2.15. The Hall–Kier alpha value is -0.580. The van der Waals surface area contributed by atoms with Crippen LogP contribution < -0.4 is 4.74 Å². The van der Waals surface area contributed by atoms with Gasteiger partial charge in [-0.15, -0.1) is 0 Å². The number of hydrogen-bond acceptors (Lipinski definition) is 3. The Labute approximate surface area is 104 Å². The van der Waals surface area contributed by atoms with Crippen molar-refractivity contribution in [1.29, 1.82) is 0 Å². The molecule has 1 N–H and O–H groups in total. The van der Waals surface area contributed by atoms with Gasteiger partial charge in [0.2, 0.25) is 0 Å². The molecule has 1 aliphatic heterocycles. The number of methoxy groups -OCH3 is 1. The average Bonchev–Trinajstić information content (AvgIpc) is 2.64. The number of likely N-dealkylation sites (tertiary alicyclic amines) is 1. The van der Waals surface area contributed by atoms with Crippen molar-refractivity contribution in [1.82, 2.24) is 4.90 Å². The maximum Gasteiger partial charge on any atom is 0.133 e. The topological polar surface area (TPSA) is 32.7 Å². The summed E-state index contributed by atoms with van der Waals surface area (Å²) in [4.78, 5) is 2.26. The Morgan fingerprint density at radius 2 is 2.38 bits per heavy atom. The van der Waals surface area contributed by atoms with Gasteiger partial charge in [-0.05, 0) is 40.0 Å². The molecule has 0 amide bonds. The maximum absolute atomic E-state index is 9.44. The molecule has 1 aromatic rings. The van der Waals surface area contributed by atoms with Crippen LogP contribution in [0.2, 0.25) is 0 Å². The van der Waals surface area contributed by atoms with Gasteiger partial charge in [-0.25, -0.2) is 0 Å². The molecule has 0 unspecified atom stereocenters. The Morgan fingerprint density at radius 3 is 2.94 bits per heavy atom. The van der Waals surface area contributed by atoms with E-state index in [9.17, 15) is 5.11 Å². The third-order valence-electron chi connectivity index (χ3n) is 2.87. The highest BCUT2D eigenvalue weighted by Crippen LogP contribution is 2.26. The highest BCUT2D eigenvalue weighted by molar-refractivity contribution is 9.10. The number of ether oxygens (including phenoxy) is 1. The van der Waals surface area contributed by atoms with Crippen LogP contribution in [0.5, 0.6) is 5.75 Å². The maximum atomic E-state index is 9.44. The first-order chi connectivity index (χ1) is 7.69. The summed E-state index contributed by atoms with van der Waals surface area (Å²) < 4.78 is 6.17. The van der Waals surface area contributed by atoms with Crippen LogP contribution in [-0.2, 0) is 6.54 Å². The number of nitrogens with zero attached hydrogens (tertiary/aromatic N) is 1. The molecule has 16 heavy (non-hydrogen) atoms. The molecular weight excluding hydrogens is 270 g/mol. The van der Waals surface area contributed by atoms with E-state index in [1.807, 2.05) is 6.07 Å². The van der Waals surface area contributed by atoms with E-state index in [2.05, 4.69) is 33.0 Å². The van der Waals surface area contributed by atoms with Gasteiger partial charge < -0.3 is 9.84 Å². The van der Waals surface area contributed by atoms with Gasteiger partial charge in [0, 0.05) is 19.6 Å². The fourth-order valence-electron chi connectivity index (χ4n) is 2.02. The van der Waals surface area contributed by atoms with E-state index in [1.54, 1.807) is 7.11 Å². The molecule has 0 aliphatic carbocycles. The van der Waals surface area contributed by atoms with E-state index in [0.29, 0.717) is 0 Å². The van der Waals surface area contributed by atoms with Crippen molar-refractivity contribution in [3.8, 4) is 5.75 Å². The summed E-state index contributed by atoms with van der Waals surface area (Å²) >= 11 is 3.48. The molecule has 88 valence electrons. The number of halogens is 1. The van der Waals surface area contributed by atoms with E-state index < -0.39 is 0 Å². The molecule has 1 aromatic carbocycles. The van der Waals surface area contributed by atoms with E-state index in [4.69, 9.17) is 4.74 Å². The highest BCUT2D eigenvalue weighted by atomic mass is 79.9. The quantitative estimate of drug-likeness (QED) is 0.922. The highest BCUT2D eigenvalue weighted by Gasteiger charge is 2.20. The van der Waals surface area contributed by atoms with Gasteiger partial charge in [-0.1, -0.05) is 6.07 Å². The van der Waals surface area contributed by atoms with Gasteiger partial charge in [0.1, 0.15) is 5.75 Å². The standard InChI is InChI=1S/C12H16BrNO2/c1-16-12-3-2-9(6-11(12)13)7-14-5-4-10(15)8-14/h2-3,6,10,15H,4-5,7-8H2,1H3/t10-/m0/s1. The van der Waals surface area contributed by atoms with Crippen molar-refractivity contribution in [2.24, 2.45) is 0 Å². The second kappa shape index (κ2) is 5.17. The number of hydrogen-bond donors (Lipinski definition) is 1. The molecule has 1 heterocycles. The first-order valence-corrected chi connectivity index (χ1v) is 6.21. The Morgan fingerprint density at radius 1 is 1.56 bits per heavy atom. The summed E-state index contributed by atoms with van der Waals surface area (Å²) in [6.45, 7) is 2.65. The van der Waals surface area contributed by atoms with E-state index in [1.165, 1.54) is 5.56 Å². The second-order valence-electron chi connectivity index (χ2n) is 4.15. The summed E-state index contributed by atoms with van der Waals surface area (Å²) in [7, 11) is 1.66. The number of rotatable bonds is 3.